The molecule has 1 aliphatic heterocycles. The van der Waals surface area contributed by atoms with Gasteiger partial charge in [-0.05, 0) is 31.4 Å². The van der Waals surface area contributed by atoms with E-state index in [0.29, 0.717) is 5.88 Å². The molecule has 0 amide bonds. The third-order valence-electron chi connectivity index (χ3n) is 3.29. The van der Waals surface area contributed by atoms with Crippen molar-refractivity contribution in [3.8, 4) is 0 Å². The summed E-state index contributed by atoms with van der Waals surface area (Å²) in [5.41, 5.74) is 4.29. The van der Waals surface area contributed by atoms with E-state index in [4.69, 9.17) is 16.3 Å². The monoisotopic (exact) mass is 224 g/mol. The Morgan fingerprint density at radius 1 is 1.33 bits per heavy atom. The van der Waals surface area contributed by atoms with Crippen LogP contribution in [0.2, 0.25) is 0 Å². The molecule has 15 heavy (non-hydrogen) atoms. The molecule has 0 bridgehead atoms. The number of hydrogen-bond donors (Lipinski definition) is 0. The zero-order valence-corrected chi connectivity index (χ0v) is 10.1. The summed E-state index contributed by atoms with van der Waals surface area (Å²) < 4.78 is 5.38. The van der Waals surface area contributed by atoms with Crippen molar-refractivity contribution in [2.45, 2.75) is 25.7 Å². The Labute approximate surface area is 96.4 Å². The summed E-state index contributed by atoms with van der Waals surface area (Å²) in [6.07, 6.45) is 1.01. The molecular formula is C13H17ClO. The molecule has 82 valence electrons. The van der Waals surface area contributed by atoms with Gasteiger partial charge in [0.2, 0.25) is 0 Å². The van der Waals surface area contributed by atoms with Gasteiger partial charge in [-0.25, -0.2) is 0 Å². The molecule has 0 aromatic heterocycles. The van der Waals surface area contributed by atoms with Crippen LogP contribution in [0.5, 0.6) is 0 Å². The number of ether oxygens (including phenoxy) is 1. The number of rotatable bonds is 3. The molecular weight excluding hydrogens is 208 g/mol. The number of aryl methyl sites for hydroxylation is 2. The van der Waals surface area contributed by atoms with Gasteiger partial charge in [-0.15, -0.1) is 11.6 Å². The Kier molecular flexibility index (Phi) is 3.03. The largest absolute Gasteiger partial charge is 0.379 e. The van der Waals surface area contributed by atoms with Crippen LogP contribution >= 0.6 is 11.6 Å². The number of alkyl halides is 1. The van der Waals surface area contributed by atoms with E-state index in [-0.39, 0.29) is 5.41 Å². The van der Waals surface area contributed by atoms with E-state index >= 15 is 0 Å². The van der Waals surface area contributed by atoms with E-state index in [1.807, 2.05) is 0 Å². The highest BCUT2D eigenvalue weighted by Gasteiger charge is 2.40. The van der Waals surface area contributed by atoms with E-state index in [0.717, 1.165) is 19.6 Å². The van der Waals surface area contributed by atoms with Gasteiger partial charge in [0.25, 0.3) is 0 Å². The van der Waals surface area contributed by atoms with Gasteiger partial charge in [0.1, 0.15) is 0 Å². The maximum atomic E-state index is 5.89. The lowest BCUT2D eigenvalue weighted by Gasteiger charge is -2.42. The second kappa shape index (κ2) is 4.15. The van der Waals surface area contributed by atoms with Crippen molar-refractivity contribution in [1.82, 2.24) is 0 Å². The molecule has 1 aliphatic rings. The predicted octanol–water partition coefficient (Wildman–Crippen LogP) is 3.20. The summed E-state index contributed by atoms with van der Waals surface area (Å²) in [6.45, 7) is 5.95. The fourth-order valence-electron chi connectivity index (χ4n) is 2.27. The zero-order chi connectivity index (χ0) is 10.9. The summed E-state index contributed by atoms with van der Waals surface area (Å²) in [4.78, 5) is 0. The minimum absolute atomic E-state index is 0.192. The van der Waals surface area contributed by atoms with Crippen molar-refractivity contribution in [1.29, 1.82) is 0 Å². The Hall–Kier alpha value is -0.530. The molecule has 1 saturated heterocycles. The average molecular weight is 225 g/mol. The molecule has 0 N–H and O–H groups in total. The van der Waals surface area contributed by atoms with Crippen molar-refractivity contribution in [2.24, 2.45) is 0 Å². The summed E-state index contributed by atoms with van der Waals surface area (Å²) >= 11 is 5.89. The molecule has 1 aromatic carbocycles. The second-order valence-electron chi connectivity index (χ2n) is 4.53. The molecule has 0 saturated carbocycles. The Morgan fingerprint density at radius 3 is 2.60 bits per heavy atom. The van der Waals surface area contributed by atoms with Gasteiger partial charge in [-0.2, -0.15) is 0 Å². The van der Waals surface area contributed by atoms with Gasteiger partial charge in [0.15, 0.2) is 0 Å². The molecule has 0 radical (unpaired) electrons. The highest BCUT2D eigenvalue weighted by atomic mass is 35.5. The van der Waals surface area contributed by atoms with Crippen molar-refractivity contribution in [3.63, 3.8) is 0 Å². The zero-order valence-electron chi connectivity index (χ0n) is 9.35. The van der Waals surface area contributed by atoms with Gasteiger partial charge < -0.3 is 4.74 Å². The van der Waals surface area contributed by atoms with E-state index in [1.165, 1.54) is 16.7 Å². The highest BCUT2D eigenvalue weighted by molar-refractivity contribution is 6.17. The van der Waals surface area contributed by atoms with E-state index < -0.39 is 0 Å². The first kappa shape index (κ1) is 11.0. The molecule has 1 nitrogen and oxygen atoms in total. The Morgan fingerprint density at radius 2 is 2.07 bits per heavy atom. The van der Waals surface area contributed by atoms with Crippen molar-refractivity contribution >= 4 is 11.6 Å². The van der Waals surface area contributed by atoms with Crippen LogP contribution in [0.4, 0.5) is 0 Å². The molecule has 0 atom stereocenters. The lowest BCUT2D eigenvalue weighted by atomic mass is 9.74. The molecule has 1 heterocycles. The summed E-state index contributed by atoms with van der Waals surface area (Å²) in [6, 6.07) is 6.64. The van der Waals surface area contributed by atoms with Crippen molar-refractivity contribution in [3.05, 3.63) is 34.9 Å². The molecule has 0 aliphatic carbocycles. The number of benzene rings is 1. The minimum Gasteiger partial charge on any atom is -0.379 e. The normalized spacial score (nSPS) is 18.6. The third-order valence-corrected chi connectivity index (χ3v) is 3.48. The van der Waals surface area contributed by atoms with Crippen LogP contribution < -0.4 is 0 Å². The number of hydrogen-bond acceptors (Lipinski definition) is 1. The standard InChI is InChI=1S/C13H17ClO/c1-10-3-4-11(2)12(7-10)13(5-6-14)8-15-9-13/h3-4,7H,5-6,8-9H2,1-2H3. The van der Waals surface area contributed by atoms with Crippen LogP contribution in [0.3, 0.4) is 0 Å². The van der Waals surface area contributed by atoms with Gasteiger partial charge in [-0.3, -0.25) is 0 Å². The van der Waals surface area contributed by atoms with E-state index in [1.54, 1.807) is 0 Å². The van der Waals surface area contributed by atoms with Crippen LogP contribution in [0.25, 0.3) is 0 Å². The molecule has 0 unspecified atom stereocenters. The summed E-state index contributed by atoms with van der Waals surface area (Å²) in [5, 5.41) is 0. The van der Waals surface area contributed by atoms with E-state index in [2.05, 4.69) is 32.0 Å². The third kappa shape index (κ3) is 1.91. The lowest BCUT2D eigenvalue weighted by molar-refractivity contribution is -0.0618. The SMILES string of the molecule is Cc1ccc(C)c(C2(CCCl)COC2)c1. The van der Waals surface area contributed by atoms with Crippen molar-refractivity contribution < 1.29 is 4.74 Å². The van der Waals surface area contributed by atoms with Gasteiger partial charge >= 0.3 is 0 Å². The predicted molar refractivity (Wildman–Crippen MR) is 63.8 cm³/mol. The maximum Gasteiger partial charge on any atom is 0.0586 e. The Bertz CT molecular complexity index is 356. The first-order valence-corrected chi connectivity index (χ1v) is 5.93. The fourth-order valence-corrected chi connectivity index (χ4v) is 2.63. The quantitative estimate of drug-likeness (QED) is 0.717. The number of halogens is 1. The molecule has 0 spiro atoms. The highest BCUT2D eigenvalue weighted by Crippen LogP contribution is 2.38. The molecule has 2 heteroatoms. The van der Waals surface area contributed by atoms with Gasteiger partial charge in [0, 0.05) is 11.3 Å². The van der Waals surface area contributed by atoms with Gasteiger partial charge in [-0.1, -0.05) is 23.8 Å². The summed E-state index contributed by atoms with van der Waals surface area (Å²) in [7, 11) is 0. The van der Waals surface area contributed by atoms with Gasteiger partial charge in [0.05, 0.1) is 13.2 Å². The maximum absolute atomic E-state index is 5.89. The average Bonchev–Trinajstić information content (AvgIpc) is 2.16. The smallest absolute Gasteiger partial charge is 0.0586 e. The Balaban J connectivity index is 2.37. The van der Waals surface area contributed by atoms with E-state index in [9.17, 15) is 0 Å². The van der Waals surface area contributed by atoms with Crippen LogP contribution in [-0.2, 0) is 10.2 Å². The topological polar surface area (TPSA) is 9.23 Å². The molecule has 1 aromatic rings. The molecule has 1 fully saturated rings. The van der Waals surface area contributed by atoms with Crippen molar-refractivity contribution in [2.75, 3.05) is 19.1 Å². The fraction of sp³-hybridized carbons (Fsp3) is 0.538. The minimum atomic E-state index is 0.192. The van der Waals surface area contributed by atoms with Crippen LogP contribution in [0.15, 0.2) is 18.2 Å². The second-order valence-corrected chi connectivity index (χ2v) is 4.91. The van der Waals surface area contributed by atoms with Crippen LogP contribution in [-0.4, -0.2) is 19.1 Å². The first-order chi connectivity index (χ1) is 7.18. The summed E-state index contributed by atoms with van der Waals surface area (Å²) in [5.74, 6) is 0.705. The first-order valence-electron chi connectivity index (χ1n) is 5.39. The molecule has 2 rings (SSSR count). The van der Waals surface area contributed by atoms with Crippen LogP contribution in [0.1, 0.15) is 23.1 Å². The lowest BCUT2D eigenvalue weighted by Crippen LogP contribution is -2.47. The van der Waals surface area contributed by atoms with Crippen LogP contribution in [0, 0.1) is 13.8 Å².